The lowest BCUT2D eigenvalue weighted by Gasteiger charge is -1.95. The van der Waals surface area contributed by atoms with Gasteiger partial charge in [-0.1, -0.05) is 43.5 Å². The van der Waals surface area contributed by atoms with Crippen molar-refractivity contribution < 1.29 is 0 Å². The number of nitrogens with zero attached hydrogens (tertiary/aromatic N) is 1. The van der Waals surface area contributed by atoms with Crippen molar-refractivity contribution in [1.82, 2.24) is 0 Å². The molecule has 0 aromatic heterocycles. The van der Waals surface area contributed by atoms with Crippen molar-refractivity contribution in [3.8, 4) is 0 Å². The first-order valence-corrected chi connectivity index (χ1v) is 4.53. The Balaban J connectivity index is 4.31. The molecule has 0 saturated heterocycles. The van der Waals surface area contributed by atoms with Gasteiger partial charge in [0.1, 0.15) is 0 Å². The molecule has 0 amide bonds. The molecule has 0 aliphatic heterocycles. The van der Waals surface area contributed by atoms with Crippen molar-refractivity contribution in [2.45, 2.75) is 13.8 Å². The molecule has 14 heavy (non-hydrogen) atoms. The fourth-order valence-electron chi connectivity index (χ4n) is 0.702. The Kier molecular flexibility index (Phi) is 7.06. The Morgan fingerprint density at radius 3 is 2.50 bits per heavy atom. The number of hydrogen-bond donors (Lipinski definition) is 0. The van der Waals surface area contributed by atoms with Crippen LogP contribution < -0.4 is 0 Å². The van der Waals surface area contributed by atoms with Gasteiger partial charge in [0, 0.05) is 11.9 Å². The van der Waals surface area contributed by atoms with Crippen LogP contribution in [0.25, 0.3) is 0 Å². The summed E-state index contributed by atoms with van der Waals surface area (Å²) in [6.07, 6.45) is 13.0. The van der Waals surface area contributed by atoms with Crippen LogP contribution in [-0.2, 0) is 0 Å². The molecule has 1 heteroatoms. The van der Waals surface area contributed by atoms with Gasteiger partial charge in [-0.25, -0.2) is 0 Å². The third-order valence-corrected chi connectivity index (χ3v) is 1.56. The zero-order chi connectivity index (χ0) is 10.8. The maximum atomic E-state index is 4.18. The van der Waals surface area contributed by atoms with E-state index in [0.717, 1.165) is 11.3 Å². The van der Waals surface area contributed by atoms with Crippen LogP contribution in [0.15, 0.2) is 66.4 Å². The molecule has 0 aliphatic rings. The average molecular weight is 187 g/mol. The number of allylic oxidation sites excluding steroid dienone is 7. The van der Waals surface area contributed by atoms with Crippen LogP contribution in [0.5, 0.6) is 0 Å². The van der Waals surface area contributed by atoms with Crippen molar-refractivity contribution in [3.05, 3.63) is 61.4 Å². The highest BCUT2D eigenvalue weighted by Crippen LogP contribution is 1.98. The van der Waals surface area contributed by atoms with Crippen LogP contribution in [0, 0.1) is 0 Å². The highest BCUT2D eigenvalue weighted by Gasteiger charge is 1.90. The molecule has 0 aromatic rings. The molecule has 0 unspecified atom stereocenters. The summed E-state index contributed by atoms with van der Waals surface area (Å²) in [6.45, 7) is 11.4. The third-order valence-electron chi connectivity index (χ3n) is 1.56. The topological polar surface area (TPSA) is 12.4 Å². The normalized spacial score (nSPS) is 13.1. The standard InChI is InChI=1S/C13H17N/c1-5-7-9-10-12(3)13(4)14-11-8-6-2/h5-11H,2-3H2,1,4H3/b7-5-,10-9-,11-8-,14-13?. The van der Waals surface area contributed by atoms with Crippen molar-refractivity contribution in [3.63, 3.8) is 0 Å². The zero-order valence-corrected chi connectivity index (χ0v) is 8.90. The van der Waals surface area contributed by atoms with Gasteiger partial charge in [0.15, 0.2) is 0 Å². The smallest absolute Gasteiger partial charge is 0.0438 e. The van der Waals surface area contributed by atoms with Crippen LogP contribution >= 0.6 is 0 Å². The first-order valence-electron chi connectivity index (χ1n) is 4.53. The number of hydrogen-bond acceptors (Lipinski definition) is 1. The summed E-state index contributed by atoms with van der Waals surface area (Å²) in [4.78, 5) is 4.18. The summed E-state index contributed by atoms with van der Waals surface area (Å²) < 4.78 is 0. The second kappa shape index (κ2) is 7.99. The van der Waals surface area contributed by atoms with Gasteiger partial charge >= 0.3 is 0 Å². The van der Waals surface area contributed by atoms with E-state index in [-0.39, 0.29) is 0 Å². The highest BCUT2D eigenvalue weighted by molar-refractivity contribution is 6.00. The van der Waals surface area contributed by atoms with Crippen LogP contribution in [0.4, 0.5) is 0 Å². The van der Waals surface area contributed by atoms with Crippen molar-refractivity contribution in [2.24, 2.45) is 4.99 Å². The first-order chi connectivity index (χ1) is 6.72. The predicted molar refractivity (Wildman–Crippen MR) is 65.5 cm³/mol. The van der Waals surface area contributed by atoms with Crippen LogP contribution in [0.1, 0.15) is 13.8 Å². The first kappa shape index (κ1) is 12.4. The second-order valence-corrected chi connectivity index (χ2v) is 2.70. The lowest BCUT2D eigenvalue weighted by Crippen LogP contribution is -1.90. The largest absolute Gasteiger partial charge is 0.261 e. The summed E-state index contributed by atoms with van der Waals surface area (Å²) in [5.74, 6) is 0. The predicted octanol–water partition coefficient (Wildman–Crippen LogP) is 3.84. The van der Waals surface area contributed by atoms with Gasteiger partial charge in [0.2, 0.25) is 0 Å². The van der Waals surface area contributed by atoms with Crippen LogP contribution in [0.3, 0.4) is 0 Å². The van der Waals surface area contributed by atoms with Crippen molar-refractivity contribution in [2.75, 3.05) is 0 Å². The van der Waals surface area contributed by atoms with Gasteiger partial charge in [0.25, 0.3) is 0 Å². The molecule has 1 nitrogen and oxygen atoms in total. The molecule has 0 heterocycles. The van der Waals surface area contributed by atoms with Gasteiger partial charge in [-0.05, 0) is 25.5 Å². The molecule has 0 bridgehead atoms. The Bertz CT molecular complexity index is 301. The molecule has 0 N–H and O–H groups in total. The molecule has 0 aromatic carbocycles. The van der Waals surface area contributed by atoms with Crippen LogP contribution in [-0.4, -0.2) is 5.71 Å². The van der Waals surface area contributed by atoms with E-state index in [4.69, 9.17) is 0 Å². The van der Waals surface area contributed by atoms with Crippen LogP contribution in [0.2, 0.25) is 0 Å². The van der Waals surface area contributed by atoms with Crippen molar-refractivity contribution in [1.29, 1.82) is 0 Å². The lowest BCUT2D eigenvalue weighted by atomic mass is 10.2. The number of rotatable bonds is 5. The summed E-state index contributed by atoms with van der Waals surface area (Å²) >= 11 is 0. The quantitative estimate of drug-likeness (QED) is 0.458. The molecule has 0 radical (unpaired) electrons. The maximum Gasteiger partial charge on any atom is 0.0438 e. The van der Waals surface area contributed by atoms with E-state index in [0.29, 0.717) is 0 Å². The van der Waals surface area contributed by atoms with Crippen molar-refractivity contribution >= 4 is 5.71 Å². The minimum absolute atomic E-state index is 0.906. The average Bonchev–Trinajstić information content (AvgIpc) is 2.18. The minimum atomic E-state index is 0.906. The van der Waals surface area contributed by atoms with E-state index in [1.165, 1.54) is 0 Å². The monoisotopic (exact) mass is 187 g/mol. The molecular weight excluding hydrogens is 170 g/mol. The van der Waals surface area contributed by atoms with E-state index in [2.05, 4.69) is 18.2 Å². The third kappa shape index (κ3) is 5.95. The van der Waals surface area contributed by atoms with Gasteiger partial charge in [-0.15, -0.1) is 0 Å². The number of aliphatic imine (C=N–C) groups is 1. The summed E-state index contributed by atoms with van der Waals surface area (Å²) in [6, 6.07) is 0. The molecule has 0 saturated carbocycles. The fraction of sp³-hybridized carbons (Fsp3) is 0.154. The summed E-state index contributed by atoms with van der Waals surface area (Å²) in [5.41, 5.74) is 1.82. The Hall–Kier alpha value is -1.63. The Morgan fingerprint density at radius 2 is 1.93 bits per heavy atom. The molecule has 0 aliphatic carbocycles. The maximum absolute atomic E-state index is 4.18. The van der Waals surface area contributed by atoms with E-state index in [1.807, 2.05) is 38.2 Å². The fourth-order valence-corrected chi connectivity index (χ4v) is 0.702. The van der Waals surface area contributed by atoms with E-state index < -0.39 is 0 Å². The molecule has 74 valence electrons. The minimum Gasteiger partial charge on any atom is -0.261 e. The lowest BCUT2D eigenvalue weighted by molar-refractivity contribution is 1.51. The molecule has 0 atom stereocenters. The van der Waals surface area contributed by atoms with Gasteiger partial charge in [0.05, 0.1) is 0 Å². The van der Waals surface area contributed by atoms with E-state index in [1.54, 1.807) is 18.4 Å². The molecule has 0 rings (SSSR count). The second-order valence-electron chi connectivity index (χ2n) is 2.70. The molecular formula is C13H17N. The van der Waals surface area contributed by atoms with E-state index >= 15 is 0 Å². The molecule has 0 fully saturated rings. The zero-order valence-electron chi connectivity index (χ0n) is 8.90. The highest BCUT2D eigenvalue weighted by atomic mass is 14.7. The Morgan fingerprint density at radius 1 is 1.21 bits per heavy atom. The Labute approximate surface area is 86.6 Å². The SMILES string of the molecule is C=C/C=C\N=C(C)C(=C)/C=C\C=C/C. The van der Waals surface area contributed by atoms with Gasteiger partial charge in [-0.2, -0.15) is 0 Å². The van der Waals surface area contributed by atoms with Gasteiger partial charge < -0.3 is 0 Å². The summed E-state index contributed by atoms with van der Waals surface area (Å²) in [5, 5.41) is 0. The summed E-state index contributed by atoms with van der Waals surface area (Å²) in [7, 11) is 0. The van der Waals surface area contributed by atoms with Gasteiger partial charge in [-0.3, -0.25) is 4.99 Å². The molecule has 0 spiro atoms. The van der Waals surface area contributed by atoms with E-state index in [9.17, 15) is 0 Å².